The zero-order valence-electron chi connectivity index (χ0n) is 12.6. The van der Waals surface area contributed by atoms with Gasteiger partial charge in [0.05, 0.1) is 0 Å². The summed E-state index contributed by atoms with van der Waals surface area (Å²) >= 11 is 0. The second kappa shape index (κ2) is 9.18. The molecule has 0 spiro atoms. The fourth-order valence-corrected chi connectivity index (χ4v) is 2.01. The lowest BCUT2D eigenvalue weighted by atomic mass is 10.1. The highest BCUT2D eigenvalue weighted by molar-refractivity contribution is 14.0. The van der Waals surface area contributed by atoms with Gasteiger partial charge in [-0.05, 0) is 39.7 Å². The van der Waals surface area contributed by atoms with E-state index in [2.05, 4.69) is 61.5 Å². The average molecular weight is 375 g/mol. The number of benzene rings is 1. The molecule has 0 bridgehead atoms. The predicted molar refractivity (Wildman–Crippen MR) is 94.7 cm³/mol. The molecule has 4 heteroatoms. The molecule has 0 atom stereocenters. The van der Waals surface area contributed by atoms with Crippen LogP contribution < -0.4 is 10.6 Å². The molecule has 19 heavy (non-hydrogen) atoms. The van der Waals surface area contributed by atoms with Crippen LogP contribution in [-0.2, 0) is 6.42 Å². The van der Waals surface area contributed by atoms with Gasteiger partial charge >= 0.3 is 0 Å². The molecule has 0 aliphatic carbocycles. The molecule has 0 aromatic heterocycles. The van der Waals surface area contributed by atoms with Crippen LogP contribution in [0, 0.1) is 13.8 Å². The molecule has 3 nitrogen and oxygen atoms in total. The fraction of sp³-hybridized carbons (Fsp3) is 0.533. The lowest BCUT2D eigenvalue weighted by Gasteiger charge is -2.14. The summed E-state index contributed by atoms with van der Waals surface area (Å²) in [5.74, 6) is 0.870. The number of hydrogen-bond donors (Lipinski definition) is 2. The minimum Gasteiger partial charge on any atom is -0.356 e. The molecular weight excluding hydrogens is 349 g/mol. The monoisotopic (exact) mass is 375 g/mol. The van der Waals surface area contributed by atoms with Crippen molar-refractivity contribution in [3.8, 4) is 0 Å². The van der Waals surface area contributed by atoms with Gasteiger partial charge in [-0.1, -0.05) is 29.3 Å². The number of halogens is 1. The third kappa shape index (κ3) is 7.40. The summed E-state index contributed by atoms with van der Waals surface area (Å²) in [6, 6.07) is 7.09. The second-order valence-electron chi connectivity index (χ2n) is 5.04. The van der Waals surface area contributed by atoms with E-state index in [0.29, 0.717) is 6.04 Å². The first kappa shape index (κ1) is 18.2. The number of nitrogens with zero attached hydrogens (tertiary/aromatic N) is 1. The maximum atomic E-state index is 4.19. The van der Waals surface area contributed by atoms with E-state index in [0.717, 1.165) is 18.9 Å². The third-order valence-electron chi connectivity index (χ3n) is 2.64. The molecule has 1 rings (SSSR count). The van der Waals surface area contributed by atoms with Crippen molar-refractivity contribution in [3.63, 3.8) is 0 Å². The van der Waals surface area contributed by atoms with Gasteiger partial charge in [0.25, 0.3) is 0 Å². The summed E-state index contributed by atoms with van der Waals surface area (Å²) in [6.45, 7) is 9.40. The number of rotatable bonds is 4. The Bertz CT molecular complexity index is 394. The van der Waals surface area contributed by atoms with Crippen molar-refractivity contribution >= 4 is 29.9 Å². The van der Waals surface area contributed by atoms with Crippen molar-refractivity contribution in [1.29, 1.82) is 0 Å². The number of aryl methyl sites for hydroxylation is 2. The lowest BCUT2D eigenvalue weighted by Crippen LogP contribution is -2.41. The topological polar surface area (TPSA) is 36.4 Å². The minimum absolute atomic E-state index is 0. The summed E-state index contributed by atoms with van der Waals surface area (Å²) in [6.07, 6.45) is 1.02. The van der Waals surface area contributed by atoms with Crippen molar-refractivity contribution in [3.05, 3.63) is 34.9 Å². The maximum Gasteiger partial charge on any atom is 0.191 e. The Morgan fingerprint density at radius 1 is 1.16 bits per heavy atom. The molecule has 1 aromatic rings. The van der Waals surface area contributed by atoms with Crippen molar-refractivity contribution in [2.45, 2.75) is 40.2 Å². The summed E-state index contributed by atoms with van der Waals surface area (Å²) in [4.78, 5) is 4.19. The minimum atomic E-state index is 0. The number of guanidine groups is 1. The highest BCUT2D eigenvalue weighted by atomic mass is 127. The van der Waals surface area contributed by atoms with E-state index in [9.17, 15) is 0 Å². The summed E-state index contributed by atoms with van der Waals surface area (Å²) in [7, 11) is 1.80. The molecule has 0 aliphatic rings. The Kier molecular flexibility index (Phi) is 8.80. The molecule has 2 N–H and O–H groups in total. The van der Waals surface area contributed by atoms with Gasteiger partial charge in [-0.15, -0.1) is 24.0 Å². The van der Waals surface area contributed by atoms with E-state index in [4.69, 9.17) is 0 Å². The first-order valence-electron chi connectivity index (χ1n) is 6.55. The van der Waals surface area contributed by atoms with Gasteiger partial charge in [-0.3, -0.25) is 4.99 Å². The van der Waals surface area contributed by atoms with Crippen LogP contribution in [0.3, 0.4) is 0 Å². The normalized spacial score (nSPS) is 11.2. The van der Waals surface area contributed by atoms with Crippen LogP contribution in [0.4, 0.5) is 0 Å². The summed E-state index contributed by atoms with van der Waals surface area (Å²) in [5.41, 5.74) is 4.03. The smallest absolute Gasteiger partial charge is 0.191 e. The molecule has 0 saturated carbocycles. The second-order valence-corrected chi connectivity index (χ2v) is 5.04. The van der Waals surface area contributed by atoms with Crippen molar-refractivity contribution < 1.29 is 0 Å². The number of aliphatic imine (C=N–C) groups is 1. The first-order valence-corrected chi connectivity index (χ1v) is 6.55. The van der Waals surface area contributed by atoms with Crippen LogP contribution in [0.1, 0.15) is 30.5 Å². The van der Waals surface area contributed by atoms with Crippen LogP contribution in [-0.4, -0.2) is 25.6 Å². The van der Waals surface area contributed by atoms with Gasteiger partial charge in [0.15, 0.2) is 5.96 Å². The van der Waals surface area contributed by atoms with Gasteiger partial charge in [0.1, 0.15) is 0 Å². The average Bonchev–Trinajstić information content (AvgIpc) is 2.25. The van der Waals surface area contributed by atoms with E-state index in [1.807, 2.05) is 0 Å². The van der Waals surface area contributed by atoms with Crippen LogP contribution in [0.2, 0.25) is 0 Å². The van der Waals surface area contributed by atoms with Gasteiger partial charge in [0.2, 0.25) is 0 Å². The van der Waals surface area contributed by atoms with E-state index < -0.39 is 0 Å². The molecule has 0 fully saturated rings. The van der Waals surface area contributed by atoms with Crippen LogP contribution in [0.15, 0.2) is 23.2 Å². The van der Waals surface area contributed by atoms with Gasteiger partial charge in [0, 0.05) is 19.6 Å². The van der Waals surface area contributed by atoms with Crippen LogP contribution >= 0.6 is 24.0 Å². The summed E-state index contributed by atoms with van der Waals surface area (Å²) < 4.78 is 0. The van der Waals surface area contributed by atoms with E-state index in [1.54, 1.807) is 7.05 Å². The largest absolute Gasteiger partial charge is 0.356 e. The van der Waals surface area contributed by atoms with E-state index in [1.165, 1.54) is 16.7 Å². The highest BCUT2D eigenvalue weighted by Gasteiger charge is 2.00. The highest BCUT2D eigenvalue weighted by Crippen LogP contribution is 2.08. The molecule has 0 amide bonds. The first-order chi connectivity index (χ1) is 8.51. The molecule has 0 saturated heterocycles. The van der Waals surface area contributed by atoms with Gasteiger partial charge in [-0.25, -0.2) is 0 Å². The molecule has 0 unspecified atom stereocenters. The molecule has 108 valence electrons. The number of nitrogens with one attached hydrogen (secondary N) is 2. The Morgan fingerprint density at radius 2 is 1.74 bits per heavy atom. The van der Waals surface area contributed by atoms with E-state index in [-0.39, 0.29) is 24.0 Å². The van der Waals surface area contributed by atoms with Crippen molar-refractivity contribution in [1.82, 2.24) is 10.6 Å². The molecular formula is C15H26IN3. The molecule has 0 heterocycles. The Morgan fingerprint density at radius 3 is 2.21 bits per heavy atom. The zero-order chi connectivity index (χ0) is 13.5. The van der Waals surface area contributed by atoms with E-state index >= 15 is 0 Å². The Hall–Kier alpha value is -0.780. The van der Waals surface area contributed by atoms with Gasteiger partial charge in [-0.2, -0.15) is 0 Å². The van der Waals surface area contributed by atoms with Crippen molar-refractivity contribution in [2.75, 3.05) is 13.6 Å². The molecule has 0 aliphatic heterocycles. The molecule has 0 radical (unpaired) electrons. The molecule has 1 aromatic carbocycles. The fourth-order valence-electron chi connectivity index (χ4n) is 2.01. The number of hydrogen-bond acceptors (Lipinski definition) is 1. The van der Waals surface area contributed by atoms with Gasteiger partial charge < -0.3 is 10.6 Å². The van der Waals surface area contributed by atoms with Crippen LogP contribution in [0.25, 0.3) is 0 Å². The quantitative estimate of drug-likeness (QED) is 0.482. The van der Waals surface area contributed by atoms with Crippen LogP contribution in [0.5, 0.6) is 0 Å². The Labute approximate surface area is 134 Å². The summed E-state index contributed by atoms with van der Waals surface area (Å²) in [5, 5.41) is 6.60. The zero-order valence-corrected chi connectivity index (χ0v) is 14.9. The predicted octanol–water partition coefficient (Wildman–Crippen LogP) is 3.04. The van der Waals surface area contributed by atoms with Crippen molar-refractivity contribution in [2.24, 2.45) is 4.99 Å². The lowest BCUT2D eigenvalue weighted by molar-refractivity contribution is 0.698. The standard InChI is InChI=1S/C15H25N3.HI/c1-11(2)18-15(16-5)17-7-6-14-9-12(3)8-13(4)10-14;/h8-11H,6-7H2,1-5H3,(H2,16,17,18);1H. The third-order valence-corrected chi connectivity index (χ3v) is 2.64. The maximum absolute atomic E-state index is 4.19. The SMILES string of the molecule is CN=C(NCCc1cc(C)cc(C)c1)NC(C)C.I. The Balaban J connectivity index is 0.00000324.